The zero-order chi connectivity index (χ0) is 25.5. The summed E-state index contributed by atoms with van der Waals surface area (Å²) in [5.41, 5.74) is 2.29. The van der Waals surface area contributed by atoms with Gasteiger partial charge in [0.25, 0.3) is 0 Å². The number of anilines is 1. The van der Waals surface area contributed by atoms with Gasteiger partial charge in [-0.2, -0.15) is 0 Å². The number of benzene rings is 1. The van der Waals surface area contributed by atoms with Crippen LogP contribution in [0.15, 0.2) is 41.3 Å². The molecule has 0 saturated carbocycles. The van der Waals surface area contributed by atoms with Gasteiger partial charge in [0.2, 0.25) is 11.8 Å². The van der Waals surface area contributed by atoms with E-state index in [9.17, 15) is 9.90 Å². The van der Waals surface area contributed by atoms with E-state index in [2.05, 4.69) is 25.5 Å². The summed E-state index contributed by atoms with van der Waals surface area (Å²) in [5.74, 6) is 1.62. The van der Waals surface area contributed by atoms with E-state index in [0.717, 1.165) is 41.7 Å². The van der Waals surface area contributed by atoms with Gasteiger partial charge in [-0.1, -0.05) is 17.7 Å². The molecule has 0 spiro atoms. The first kappa shape index (κ1) is 24.9. The molecule has 6 rings (SSSR count). The van der Waals surface area contributed by atoms with Crippen LogP contribution in [-0.2, 0) is 11.3 Å². The largest absolute Gasteiger partial charge is 0.481 e. The highest BCUT2D eigenvalue weighted by Crippen LogP contribution is 2.39. The Bertz CT molecular complexity index is 1330. The molecule has 3 aromatic rings. The zero-order valence-electron chi connectivity index (χ0n) is 20.6. The Labute approximate surface area is 225 Å². The van der Waals surface area contributed by atoms with Gasteiger partial charge in [0.05, 0.1) is 35.1 Å². The maximum absolute atomic E-state index is 11.7. The molecular weight excluding hydrogens is 510 g/mol. The topological polar surface area (TPSA) is 99.6 Å². The number of hydrogen-bond donors (Lipinski definition) is 3. The van der Waals surface area contributed by atoms with Crippen molar-refractivity contribution in [2.24, 2.45) is 0 Å². The van der Waals surface area contributed by atoms with Gasteiger partial charge in [-0.25, -0.2) is 9.97 Å². The minimum Gasteiger partial charge on any atom is -0.481 e. The molecule has 2 bridgehead atoms. The number of fused-ring (bicyclic) bond motifs is 4. The summed E-state index contributed by atoms with van der Waals surface area (Å²) >= 11 is 8.10. The van der Waals surface area contributed by atoms with Crippen LogP contribution >= 0.6 is 23.4 Å². The van der Waals surface area contributed by atoms with Gasteiger partial charge in [-0.3, -0.25) is 9.69 Å². The normalized spacial score (nSPS) is 24.1. The van der Waals surface area contributed by atoms with Crippen molar-refractivity contribution in [3.8, 4) is 5.88 Å². The van der Waals surface area contributed by atoms with Gasteiger partial charge < -0.3 is 20.5 Å². The summed E-state index contributed by atoms with van der Waals surface area (Å²) in [4.78, 5) is 24.4. The van der Waals surface area contributed by atoms with E-state index >= 15 is 0 Å². The van der Waals surface area contributed by atoms with E-state index in [0.29, 0.717) is 64.8 Å². The Kier molecular flexibility index (Phi) is 6.98. The molecule has 10 heteroatoms. The Morgan fingerprint density at radius 3 is 2.76 bits per heavy atom. The van der Waals surface area contributed by atoms with Crippen molar-refractivity contribution in [2.75, 3.05) is 24.7 Å². The van der Waals surface area contributed by atoms with E-state index in [1.54, 1.807) is 7.11 Å². The number of hydrogen-bond acceptors (Lipinski definition) is 8. The molecular formula is C27H30ClN5O3S. The predicted octanol–water partition coefficient (Wildman–Crippen LogP) is 4.15. The quantitative estimate of drug-likeness (QED) is 0.412. The smallest absolute Gasteiger partial charge is 0.235 e. The van der Waals surface area contributed by atoms with Gasteiger partial charge in [0, 0.05) is 53.3 Å². The van der Waals surface area contributed by atoms with Crippen LogP contribution in [0, 0.1) is 0 Å². The number of aromatic nitrogens is 2. The number of aliphatic hydroxyl groups excluding tert-OH is 1. The number of nitrogens with one attached hydrogen (secondary N) is 2. The summed E-state index contributed by atoms with van der Waals surface area (Å²) < 4.78 is 5.31. The predicted molar refractivity (Wildman–Crippen MR) is 145 cm³/mol. The van der Waals surface area contributed by atoms with Crippen molar-refractivity contribution in [3.63, 3.8) is 0 Å². The second-order valence-electron chi connectivity index (χ2n) is 10.0. The summed E-state index contributed by atoms with van der Waals surface area (Å²) in [7, 11) is 1.59. The molecule has 2 fully saturated rings. The third kappa shape index (κ3) is 5.03. The molecule has 3 atom stereocenters. The number of amides is 1. The van der Waals surface area contributed by atoms with Crippen LogP contribution in [0.3, 0.4) is 0 Å². The Morgan fingerprint density at radius 2 is 1.97 bits per heavy atom. The first-order valence-corrected chi connectivity index (χ1v) is 14.1. The van der Waals surface area contributed by atoms with Crippen molar-refractivity contribution in [1.82, 2.24) is 20.2 Å². The van der Waals surface area contributed by atoms with Crippen LogP contribution in [0.4, 0.5) is 5.82 Å². The van der Waals surface area contributed by atoms with E-state index in [4.69, 9.17) is 16.3 Å². The lowest BCUT2D eigenvalue weighted by Crippen LogP contribution is -2.50. The second kappa shape index (κ2) is 10.4. The maximum atomic E-state index is 11.7. The highest BCUT2D eigenvalue weighted by Gasteiger charge is 2.41. The van der Waals surface area contributed by atoms with Crippen molar-refractivity contribution in [3.05, 3.63) is 52.7 Å². The summed E-state index contributed by atoms with van der Waals surface area (Å²) in [5, 5.41) is 19.4. The highest BCUT2D eigenvalue weighted by atomic mass is 35.5. The number of ether oxygens (including phenoxy) is 1. The number of methoxy groups -OCH3 is 1. The fourth-order valence-corrected chi connectivity index (χ4v) is 7.02. The van der Waals surface area contributed by atoms with Crippen LogP contribution in [0.2, 0.25) is 5.02 Å². The first-order valence-electron chi connectivity index (χ1n) is 12.7. The molecule has 3 aliphatic rings. The number of halogens is 1. The number of carbonyl (C=O) groups is 1. The number of rotatable bonds is 7. The molecule has 1 amide bonds. The lowest BCUT2D eigenvalue weighted by atomic mass is 9.95. The monoisotopic (exact) mass is 539 g/mol. The molecule has 5 heterocycles. The molecule has 0 radical (unpaired) electrons. The minimum absolute atomic E-state index is 0.000880. The van der Waals surface area contributed by atoms with Crippen molar-refractivity contribution >= 4 is 46.0 Å². The van der Waals surface area contributed by atoms with Crippen LogP contribution in [0.5, 0.6) is 5.88 Å². The van der Waals surface area contributed by atoms with Gasteiger partial charge >= 0.3 is 0 Å². The summed E-state index contributed by atoms with van der Waals surface area (Å²) in [6, 6.07) is 12.8. The number of thioether (sulfide) groups is 1. The van der Waals surface area contributed by atoms with Crippen LogP contribution in [-0.4, -0.2) is 63.4 Å². The fourth-order valence-electron chi connectivity index (χ4n) is 5.98. The van der Waals surface area contributed by atoms with Crippen molar-refractivity contribution in [1.29, 1.82) is 0 Å². The maximum Gasteiger partial charge on any atom is 0.235 e. The molecule has 0 aliphatic carbocycles. The minimum atomic E-state index is -0.740. The molecule has 3 unspecified atom stereocenters. The van der Waals surface area contributed by atoms with E-state index in [1.165, 1.54) is 11.8 Å². The molecule has 37 heavy (non-hydrogen) atoms. The zero-order valence-corrected chi connectivity index (χ0v) is 22.2. The number of pyridine rings is 2. The number of aliphatic hydroxyl groups is 1. The van der Waals surface area contributed by atoms with Crippen LogP contribution < -0.4 is 15.4 Å². The van der Waals surface area contributed by atoms with E-state index in [1.807, 2.05) is 36.4 Å². The molecule has 8 nitrogen and oxygen atoms in total. The van der Waals surface area contributed by atoms with Crippen LogP contribution in [0.1, 0.15) is 43.0 Å². The molecule has 1 aromatic carbocycles. The lowest BCUT2D eigenvalue weighted by Gasteiger charge is -2.40. The summed E-state index contributed by atoms with van der Waals surface area (Å²) in [6.45, 7) is 1.20. The number of nitrogens with zero attached hydrogens (tertiary/aromatic N) is 3. The van der Waals surface area contributed by atoms with Crippen LogP contribution in [0.25, 0.3) is 10.9 Å². The molecule has 3 aliphatic heterocycles. The van der Waals surface area contributed by atoms with Crippen molar-refractivity contribution in [2.45, 2.75) is 61.4 Å². The van der Waals surface area contributed by atoms with Gasteiger partial charge in [0.1, 0.15) is 5.82 Å². The highest BCUT2D eigenvalue weighted by molar-refractivity contribution is 8.00. The third-order valence-corrected chi connectivity index (χ3v) is 9.11. The average Bonchev–Trinajstić information content (AvgIpc) is 3.12. The first-order chi connectivity index (χ1) is 18.0. The second-order valence-corrected chi connectivity index (χ2v) is 11.4. The van der Waals surface area contributed by atoms with E-state index in [-0.39, 0.29) is 5.91 Å². The molecule has 2 saturated heterocycles. The lowest BCUT2D eigenvalue weighted by molar-refractivity contribution is -0.113. The SMILES string of the molecule is COc1ccc2ccc(Cl)c(C(O)CN3C4CCC3CC(NCc3ccc5c(n3)NC(=O)CS5)C4)c2n1. The number of piperidine rings is 1. The van der Waals surface area contributed by atoms with Gasteiger partial charge in [-0.15, -0.1) is 11.8 Å². The Hall–Kier alpha value is -2.43. The number of carbonyl (C=O) groups excluding carboxylic acids is 1. The third-order valence-electron chi connectivity index (χ3n) is 7.74. The molecule has 2 aromatic heterocycles. The fraction of sp³-hybridized carbons (Fsp3) is 0.444. The Balaban J connectivity index is 1.11. The van der Waals surface area contributed by atoms with Gasteiger partial charge in [0.15, 0.2) is 0 Å². The Morgan fingerprint density at radius 1 is 1.19 bits per heavy atom. The van der Waals surface area contributed by atoms with E-state index < -0.39 is 6.10 Å². The molecule has 194 valence electrons. The molecule has 3 N–H and O–H groups in total. The standard InChI is InChI=1S/C27H30ClN5O3S/c1-36-24-9-3-15-2-7-20(28)25(26(15)32-24)21(34)13-33-18-5-6-19(33)11-17(10-18)29-12-16-4-8-22-27(30-16)31-23(35)14-37-22/h2-4,7-9,17-19,21,29,34H,5-6,10-14H2,1H3,(H,30,31,35). The van der Waals surface area contributed by atoms with Gasteiger partial charge in [-0.05, 0) is 49.9 Å². The summed E-state index contributed by atoms with van der Waals surface area (Å²) in [6.07, 6.45) is 3.57. The average molecular weight is 540 g/mol. The van der Waals surface area contributed by atoms with Crippen molar-refractivity contribution < 1.29 is 14.6 Å².